The Labute approximate surface area is 110 Å². The number of nitrogens with zero attached hydrogens (tertiary/aromatic N) is 3. The highest BCUT2D eigenvalue weighted by Crippen LogP contribution is 2.37. The lowest BCUT2D eigenvalue weighted by Gasteiger charge is -2.14. The van der Waals surface area contributed by atoms with Gasteiger partial charge in [-0.3, -0.25) is 4.98 Å². The molecule has 0 bridgehead atoms. The van der Waals surface area contributed by atoms with Crippen LogP contribution in [0.1, 0.15) is 24.4 Å². The fourth-order valence-electron chi connectivity index (χ4n) is 1.42. The summed E-state index contributed by atoms with van der Waals surface area (Å²) in [6.07, 6.45) is 3.46. The van der Waals surface area contributed by atoms with E-state index in [0.717, 1.165) is 15.4 Å². The number of hydrogen-bond acceptors (Lipinski definition) is 5. The minimum Gasteiger partial charge on any atom is -0.264 e. The third-order valence-electron chi connectivity index (χ3n) is 2.20. The van der Waals surface area contributed by atoms with Crippen LogP contribution in [0.3, 0.4) is 0 Å². The van der Waals surface area contributed by atoms with Crippen LogP contribution in [0.15, 0.2) is 24.5 Å². The quantitative estimate of drug-likeness (QED) is 0.844. The van der Waals surface area contributed by atoms with Crippen LogP contribution in [0.2, 0.25) is 0 Å². The molecule has 0 amide bonds. The molecular formula is C12H11N3S2. The van der Waals surface area contributed by atoms with Gasteiger partial charge in [0.15, 0.2) is 5.69 Å². The maximum absolute atomic E-state index is 9.09. The van der Waals surface area contributed by atoms with Gasteiger partial charge in [-0.25, -0.2) is 4.98 Å². The van der Waals surface area contributed by atoms with Crippen LogP contribution in [-0.2, 0) is 4.75 Å². The fraction of sp³-hybridized carbons (Fsp3) is 0.250. The molecule has 0 saturated heterocycles. The van der Waals surface area contributed by atoms with Gasteiger partial charge in [0.05, 0.1) is 4.88 Å². The zero-order chi connectivity index (χ0) is 12.5. The second-order valence-corrected chi connectivity index (χ2v) is 6.23. The minimum atomic E-state index is -0.358. The third kappa shape index (κ3) is 2.48. The number of nitriles is 1. The molecule has 0 spiro atoms. The molecule has 0 aliphatic rings. The molecule has 5 heteroatoms. The number of rotatable bonds is 2. The minimum absolute atomic E-state index is 0.358. The summed E-state index contributed by atoms with van der Waals surface area (Å²) in [7, 11) is 0. The molecule has 2 heterocycles. The van der Waals surface area contributed by atoms with E-state index >= 15 is 0 Å². The van der Waals surface area contributed by atoms with Crippen molar-refractivity contribution in [3.63, 3.8) is 0 Å². The number of thiazole rings is 1. The van der Waals surface area contributed by atoms with Crippen LogP contribution in [0.5, 0.6) is 0 Å². The second kappa shape index (κ2) is 4.47. The first-order chi connectivity index (χ1) is 8.02. The average Bonchev–Trinajstić information content (AvgIpc) is 2.74. The number of hydrogen-bond donors (Lipinski definition) is 1. The van der Waals surface area contributed by atoms with Gasteiger partial charge in [0.2, 0.25) is 0 Å². The van der Waals surface area contributed by atoms with Gasteiger partial charge in [0.25, 0.3) is 0 Å². The standard InChI is InChI=1S/C12H11N3S2/c1-12(2,16)10-9(6-13)15-11(17-10)8-4-3-5-14-7-8/h3-5,7,16H,1-2H3. The van der Waals surface area contributed by atoms with Crippen molar-refractivity contribution in [1.82, 2.24) is 9.97 Å². The molecule has 0 saturated carbocycles. The van der Waals surface area contributed by atoms with Crippen LogP contribution >= 0.6 is 24.0 Å². The highest BCUT2D eigenvalue weighted by molar-refractivity contribution is 7.81. The molecule has 0 radical (unpaired) electrons. The molecule has 0 unspecified atom stereocenters. The summed E-state index contributed by atoms with van der Waals surface area (Å²) in [5, 5.41) is 9.90. The third-order valence-corrected chi connectivity index (χ3v) is 4.00. The van der Waals surface area contributed by atoms with Crippen molar-refractivity contribution in [2.75, 3.05) is 0 Å². The maximum atomic E-state index is 9.09. The highest BCUT2D eigenvalue weighted by Gasteiger charge is 2.24. The van der Waals surface area contributed by atoms with Gasteiger partial charge in [-0.1, -0.05) is 0 Å². The van der Waals surface area contributed by atoms with Crippen LogP contribution in [-0.4, -0.2) is 9.97 Å². The summed E-state index contributed by atoms with van der Waals surface area (Å²) in [6.45, 7) is 3.91. The first-order valence-electron chi connectivity index (χ1n) is 5.06. The smallest absolute Gasteiger partial charge is 0.156 e. The predicted octanol–water partition coefficient (Wildman–Crippen LogP) is 3.24. The molecule has 2 rings (SSSR count). The van der Waals surface area contributed by atoms with Gasteiger partial charge < -0.3 is 0 Å². The normalized spacial score (nSPS) is 11.2. The van der Waals surface area contributed by atoms with Crippen LogP contribution in [0.25, 0.3) is 10.6 Å². The van der Waals surface area contributed by atoms with Gasteiger partial charge in [0, 0.05) is 22.7 Å². The van der Waals surface area contributed by atoms with Crippen molar-refractivity contribution in [3.05, 3.63) is 35.1 Å². The zero-order valence-corrected chi connectivity index (χ0v) is 11.2. The maximum Gasteiger partial charge on any atom is 0.156 e. The lowest BCUT2D eigenvalue weighted by molar-refractivity contribution is 0.805. The molecule has 86 valence electrons. The van der Waals surface area contributed by atoms with E-state index < -0.39 is 0 Å². The van der Waals surface area contributed by atoms with Crippen molar-refractivity contribution in [2.24, 2.45) is 0 Å². The fourth-order valence-corrected chi connectivity index (χ4v) is 2.67. The summed E-state index contributed by atoms with van der Waals surface area (Å²) < 4.78 is -0.358. The van der Waals surface area contributed by atoms with E-state index in [1.54, 1.807) is 12.4 Å². The van der Waals surface area contributed by atoms with Crippen LogP contribution in [0.4, 0.5) is 0 Å². The van der Waals surface area contributed by atoms with E-state index in [0.29, 0.717) is 5.69 Å². The first kappa shape index (κ1) is 12.1. The van der Waals surface area contributed by atoms with Gasteiger partial charge in [-0.15, -0.1) is 11.3 Å². The monoisotopic (exact) mass is 261 g/mol. The van der Waals surface area contributed by atoms with Crippen LogP contribution in [0, 0.1) is 11.3 Å². The van der Waals surface area contributed by atoms with E-state index in [4.69, 9.17) is 5.26 Å². The SMILES string of the molecule is CC(C)(S)c1sc(-c2cccnc2)nc1C#N. The summed E-state index contributed by atoms with van der Waals surface area (Å²) >= 11 is 5.99. The molecule has 0 aliphatic carbocycles. The molecule has 0 N–H and O–H groups in total. The molecule has 2 aromatic rings. The zero-order valence-electron chi connectivity index (χ0n) is 9.51. The summed E-state index contributed by atoms with van der Waals surface area (Å²) in [5.74, 6) is 0. The molecule has 0 aliphatic heterocycles. The van der Waals surface area contributed by atoms with Gasteiger partial charge in [0.1, 0.15) is 11.1 Å². The Bertz CT molecular complexity index is 562. The van der Waals surface area contributed by atoms with Crippen molar-refractivity contribution < 1.29 is 0 Å². The molecule has 0 fully saturated rings. The van der Waals surface area contributed by atoms with Crippen molar-refractivity contribution in [3.8, 4) is 16.6 Å². The Morgan fingerprint density at radius 2 is 2.24 bits per heavy atom. The van der Waals surface area contributed by atoms with Gasteiger partial charge in [-0.2, -0.15) is 17.9 Å². The van der Waals surface area contributed by atoms with Crippen molar-refractivity contribution in [1.29, 1.82) is 5.26 Å². The summed E-state index contributed by atoms with van der Waals surface area (Å²) in [5.41, 5.74) is 1.38. The molecule has 0 aromatic carbocycles. The summed E-state index contributed by atoms with van der Waals surface area (Å²) in [4.78, 5) is 9.28. The number of thiol groups is 1. The molecule has 3 nitrogen and oxygen atoms in total. The topological polar surface area (TPSA) is 49.6 Å². The van der Waals surface area contributed by atoms with E-state index in [2.05, 4.69) is 28.7 Å². The van der Waals surface area contributed by atoms with E-state index in [-0.39, 0.29) is 4.75 Å². The lowest BCUT2D eigenvalue weighted by atomic mass is 10.1. The van der Waals surface area contributed by atoms with Gasteiger partial charge >= 0.3 is 0 Å². The highest BCUT2D eigenvalue weighted by atomic mass is 32.1. The van der Waals surface area contributed by atoms with Crippen LogP contribution < -0.4 is 0 Å². The molecular weight excluding hydrogens is 250 g/mol. The Morgan fingerprint density at radius 1 is 1.47 bits per heavy atom. The lowest BCUT2D eigenvalue weighted by Crippen LogP contribution is -2.06. The number of aromatic nitrogens is 2. The molecule has 2 aromatic heterocycles. The Balaban J connectivity index is 2.54. The number of pyridine rings is 1. The largest absolute Gasteiger partial charge is 0.264 e. The Kier molecular flexibility index (Phi) is 3.18. The Hall–Kier alpha value is -1.38. The molecule has 0 atom stereocenters. The molecule has 17 heavy (non-hydrogen) atoms. The van der Waals surface area contributed by atoms with E-state index in [9.17, 15) is 0 Å². The Morgan fingerprint density at radius 3 is 2.71 bits per heavy atom. The van der Waals surface area contributed by atoms with E-state index in [1.165, 1.54) is 11.3 Å². The van der Waals surface area contributed by atoms with Crippen molar-refractivity contribution in [2.45, 2.75) is 18.6 Å². The first-order valence-corrected chi connectivity index (χ1v) is 6.33. The average molecular weight is 261 g/mol. The van der Waals surface area contributed by atoms with Crippen molar-refractivity contribution >= 4 is 24.0 Å². The van der Waals surface area contributed by atoms with E-state index in [1.807, 2.05) is 26.0 Å². The second-order valence-electron chi connectivity index (χ2n) is 4.11. The predicted molar refractivity (Wildman–Crippen MR) is 72.1 cm³/mol. The summed E-state index contributed by atoms with van der Waals surface area (Å²) in [6, 6.07) is 5.91. The van der Waals surface area contributed by atoms with Gasteiger partial charge in [-0.05, 0) is 26.0 Å².